The molecule has 1 aromatic heterocycles. The van der Waals surface area contributed by atoms with E-state index in [0.29, 0.717) is 5.82 Å². The zero-order valence-electron chi connectivity index (χ0n) is 12.1. The summed E-state index contributed by atoms with van der Waals surface area (Å²) in [5, 5.41) is 2.79. The molecule has 0 bridgehead atoms. The topological polar surface area (TPSA) is 85.1 Å². The summed E-state index contributed by atoms with van der Waals surface area (Å²) in [6.07, 6.45) is 2.82. The van der Waals surface area contributed by atoms with E-state index in [4.69, 9.17) is 5.73 Å². The number of nitrogens with two attached hydrogens (primary N) is 1. The lowest BCUT2D eigenvalue weighted by Gasteiger charge is -2.24. The number of pyridine rings is 1. The third kappa shape index (κ3) is 2.83. The van der Waals surface area contributed by atoms with Crippen molar-refractivity contribution in [3.8, 4) is 0 Å². The van der Waals surface area contributed by atoms with Crippen LogP contribution in [0.4, 0.5) is 5.82 Å². The third-order valence-corrected chi connectivity index (χ3v) is 3.94. The van der Waals surface area contributed by atoms with E-state index in [1.807, 2.05) is 18.2 Å². The molecule has 1 heterocycles. The Bertz CT molecular complexity index is 727. The SMILES string of the molecule is NC(=O)c1cccc(NC(=O)[C@H]2CCCc3ccccc32)n1. The number of amides is 2. The fourth-order valence-corrected chi connectivity index (χ4v) is 2.88. The van der Waals surface area contributed by atoms with Crippen LogP contribution in [0, 0.1) is 0 Å². The Morgan fingerprint density at radius 2 is 1.95 bits per heavy atom. The molecule has 3 rings (SSSR count). The predicted octanol–water partition coefficient (Wildman–Crippen LogP) is 2.24. The van der Waals surface area contributed by atoms with Gasteiger partial charge in [-0.25, -0.2) is 4.98 Å². The summed E-state index contributed by atoms with van der Waals surface area (Å²) in [7, 11) is 0. The molecule has 2 amide bonds. The number of nitrogens with zero attached hydrogens (tertiary/aromatic N) is 1. The maximum Gasteiger partial charge on any atom is 0.267 e. The molecule has 0 unspecified atom stereocenters. The molecule has 0 aliphatic heterocycles. The van der Waals surface area contributed by atoms with Crippen LogP contribution in [0.5, 0.6) is 0 Å². The zero-order chi connectivity index (χ0) is 15.5. The van der Waals surface area contributed by atoms with E-state index in [-0.39, 0.29) is 17.5 Å². The molecule has 0 saturated carbocycles. The summed E-state index contributed by atoms with van der Waals surface area (Å²) < 4.78 is 0. The average Bonchev–Trinajstić information content (AvgIpc) is 2.54. The van der Waals surface area contributed by atoms with Crippen LogP contribution in [0.3, 0.4) is 0 Å². The van der Waals surface area contributed by atoms with Crippen molar-refractivity contribution in [2.24, 2.45) is 5.73 Å². The number of primary amides is 1. The van der Waals surface area contributed by atoms with Crippen LogP contribution in [-0.4, -0.2) is 16.8 Å². The summed E-state index contributed by atoms with van der Waals surface area (Å²) in [6.45, 7) is 0. The van der Waals surface area contributed by atoms with Gasteiger partial charge in [0.25, 0.3) is 5.91 Å². The lowest BCUT2D eigenvalue weighted by atomic mass is 9.82. The van der Waals surface area contributed by atoms with Gasteiger partial charge in [0.1, 0.15) is 11.5 Å². The monoisotopic (exact) mass is 295 g/mol. The van der Waals surface area contributed by atoms with Crippen LogP contribution < -0.4 is 11.1 Å². The van der Waals surface area contributed by atoms with Crippen molar-refractivity contribution in [1.82, 2.24) is 4.98 Å². The third-order valence-electron chi connectivity index (χ3n) is 3.94. The van der Waals surface area contributed by atoms with Crippen molar-refractivity contribution in [3.63, 3.8) is 0 Å². The van der Waals surface area contributed by atoms with E-state index < -0.39 is 5.91 Å². The second-order valence-electron chi connectivity index (χ2n) is 5.41. The van der Waals surface area contributed by atoms with Gasteiger partial charge in [0.15, 0.2) is 0 Å². The number of anilines is 1. The number of carbonyl (C=O) groups is 2. The summed E-state index contributed by atoms with van der Waals surface area (Å²) in [6, 6.07) is 12.9. The minimum atomic E-state index is -0.612. The van der Waals surface area contributed by atoms with Crippen LogP contribution in [-0.2, 0) is 11.2 Å². The number of nitrogens with one attached hydrogen (secondary N) is 1. The number of fused-ring (bicyclic) bond motifs is 1. The zero-order valence-corrected chi connectivity index (χ0v) is 12.1. The largest absolute Gasteiger partial charge is 0.364 e. The summed E-state index contributed by atoms with van der Waals surface area (Å²) >= 11 is 0. The number of aromatic nitrogens is 1. The van der Waals surface area contributed by atoms with Crippen LogP contribution in [0.1, 0.15) is 40.4 Å². The Hall–Kier alpha value is -2.69. The number of rotatable bonds is 3. The van der Waals surface area contributed by atoms with Crippen LogP contribution >= 0.6 is 0 Å². The lowest BCUT2D eigenvalue weighted by Crippen LogP contribution is -2.25. The molecule has 1 atom stereocenters. The number of hydrogen-bond acceptors (Lipinski definition) is 3. The second-order valence-corrected chi connectivity index (χ2v) is 5.41. The van der Waals surface area contributed by atoms with E-state index in [2.05, 4.69) is 16.4 Å². The highest BCUT2D eigenvalue weighted by Gasteiger charge is 2.26. The fourth-order valence-electron chi connectivity index (χ4n) is 2.88. The first-order valence-corrected chi connectivity index (χ1v) is 7.30. The molecule has 5 heteroatoms. The normalized spacial score (nSPS) is 16.6. The Morgan fingerprint density at radius 3 is 2.77 bits per heavy atom. The van der Waals surface area contributed by atoms with Crippen LogP contribution in [0.15, 0.2) is 42.5 Å². The summed E-state index contributed by atoms with van der Waals surface area (Å²) in [4.78, 5) is 27.8. The van der Waals surface area contributed by atoms with Crippen molar-refractivity contribution >= 4 is 17.6 Å². The first kappa shape index (κ1) is 14.3. The van der Waals surface area contributed by atoms with Crippen LogP contribution in [0.25, 0.3) is 0 Å². The van der Waals surface area contributed by atoms with Gasteiger partial charge < -0.3 is 11.1 Å². The lowest BCUT2D eigenvalue weighted by molar-refractivity contribution is -0.117. The Morgan fingerprint density at radius 1 is 1.14 bits per heavy atom. The van der Waals surface area contributed by atoms with E-state index in [1.54, 1.807) is 12.1 Å². The van der Waals surface area contributed by atoms with Crippen molar-refractivity contribution in [3.05, 3.63) is 59.3 Å². The highest BCUT2D eigenvalue weighted by molar-refractivity contribution is 5.96. The van der Waals surface area contributed by atoms with Gasteiger partial charge in [-0.15, -0.1) is 0 Å². The molecular formula is C17H17N3O2. The van der Waals surface area contributed by atoms with Gasteiger partial charge in [-0.3, -0.25) is 9.59 Å². The number of hydrogen-bond donors (Lipinski definition) is 2. The predicted molar refractivity (Wildman–Crippen MR) is 83.5 cm³/mol. The molecule has 1 aromatic carbocycles. The molecule has 0 fully saturated rings. The smallest absolute Gasteiger partial charge is 0.267 e. The summed E-state index contributed by atoms with van der Waals surface area (Å²) in [5.41, 5.74) is 7.66. The second kappa shape index (κ2) is 5.97. The van der Waals surface area contributed by atoms with E-state index >= 15 is 0 Å². The minimum absolute atomic E-state index is 0.0960. The van der Waals surface area contributed by atoms with Crippen molar-refractivity contribution in [2.75, 3.05) is 5.32 Å². The van der Waals surface area contributed by atoms with Gasteiger partial charge in [0.05, 0.1) is 5.92 Å². The quantitative estimate of drug-likeness (QED) is 0.910. The molecule has 1 aliphatic rings. The molecule has 0 saturated heterocycles. The molecule has 0 spiro atoms. The Kier molecular flexibility index (Phi) is 3.87. The maximum absolute atomic E-state index is 12.5. The molecule has 22 heavy (non-hydrogen) atoms. The van der Waals surface area contributed by atoms with Gasteiger partial charge in [0.2, 0.25) is 5.91 Å². The van der Waals surface area contributed by atoms with E-state index in [1.165, 1.54) is 11.6 Å². The first-order chi connectivity index (χ1) is 10.6. The van der Waals surface area contributed by atoms with Gasteiger partial charge in [-0.05, 0) is 42.5 Å². The molecule has 3 N–H and O–H groups in total. The molecule has 1 aliphatic carbocycles. The van der Waals surface area contributed by atoms with E-state index in [0.717, 1.165) is 24.8 Å². The average molecular weight is 295 g/mol. The number of benzene rings is 1. The standard InChI is InChI=1S/C17H17N3O2/c18-16(21)14-9-4-10-15(19-14)20-17(22)13-8-3-6-11-5-1-2-7-12(11)13/h1-2,4-5,7,9-10,13H,3,6,8H2,(H2,18,21)(H,19,20,22)/t13-/m0/s1. The summed E-state index contributed by atoms with van der Waals surface area (Å²) in [5.74, 6) is -0.534. The maximum atomic E-state index is 12.5. The fraction of sp³-hybridized carbons (Fsp3) is 0.235. The van der Waals surface area contributed by atoms with Crippen molar-refractivity contribution < 1.29 is 9.59 Å². The highest BCUT2D eigenvalue weighted by atomic mass is 16.2. The molecule has 2 aromatic rings. The molecule has 0 radical (unpaired) electrons. The Labute approximate surface area is 128 Å². The first-order valence-electron chi connectivity index (χ1n) is 7.30. The number of aryl methyl sites for hydroxylation is 1. The van der Waals surface area contributed by atoms with Crippen molar-refractivity contribution in [2.45, 2.75) is 25.2 Å². The highest BCUT2D eigenvalue weighted by Crippen LogP contribution is 2.32. The molecule has 5 nitrogen and oxygen atoms in total. The minimum Gasteiger partial charge on any atom is -0.364 e. The van der Waals surface area contributed by atoms with E-state index in [9.17, 15) is 9.59 Å². The van der Waals surface area contributed by atoms with Gasteiger partial charge >= 0.3 is 0 Å². The molecular weight excluding hydrogens is 278 g/mol. The Balaban J connectivity index is 1.81. The van der Waals surface area contributed by atoms with Gasteiger partial charge in [-0.2, -0.15) is 0 Å². The van der Waals surface area contributed by atoms with Gasteiger partial charge in [-0.1, -0.05) is 30.3 Å². The van der Waals surface area contributed by atoms with Gasteiger partial charge in [0, 0.05) is 0 Å². The van der Waals surface area contributed by atoms with Crippen molar-refractivity contribution in [1.29, 1.82) is 0 Å². The van der Waals surface area contributed by atoms with Crippen LogP contribution in [0.2, 0.25) is 0 Å². The number of carbonyl (C=O) groups excluding carboxylic acids is 2. The molecule has 112 valence electrons.